The van der Waals surface area contributed by atoms with Gasteiger partial charge < -0.3 is 74.5 Å². The zero-order valence-corrected chi connectivity index (χ0v) is 27.9. The van der Waals surface area contributed by atoms with Gasteiger partial charge in [-0.2, -0.15) is 0 Å². The van der Waals surface area contributed by atoms with Crippen LogP contribution in [0.15, 0.2) is 76.2 Å². The molecule has 9 rings (SSSR count). The van der Waals surface area contributed by atoms with E-state index in [-0.39, 0.29) is 16.6 Å². The zero-order valence-electron chi connectivity index (χ0n) is 27.9. The Bertz CT molecular complexity index is 3560. The Kier molecular flexibility index (Phi) is 6.69. The van der Waals surface area contributed by atoms with Crippen LogP contribution in [0.3, 0.4) is 0 Å². The molecule has 0 aliphatic rings. The van der Waals surface area contributed by atoms with Crippen LogP contribution in [-0.4, -0.2) is 61.3 Å². The van der Waals surface area contributed by atoms with Gasteiger partial charge in [-0.1, -0.05) is 0 Å². The van der Waals surface area contributed by atoms with Crippen molar-refractivity contribution in [1.82, 2.24) is 0 Å². The Morgan fingerprint density at radius 3 is 1.46 bits per heavy atom. The molecule has 0 amide bonds. The molecule has 6 aromatic carbocycles. The quantitative estimate of drug-likeness (QED) is 0.0604. The van der Waals surface area contributed by atoms with Crippen molar-refractivity contribution in [3.63, 3.8) is 0 Å². The van der Waals surface area contributed by atoms with Crippen LogP contribution in [0.5, 0.6) is 69.0 Å². The lowest BCUT2D eigenvalue weighted by Gasteiger charge is -2.16. The first-order valence-corrected chi connectivity index (χ1v) is 16.1. The van der Waals surface area contributed by atoms with Gasteiger partial charge >= 0.3 is 0 Å². The highest BCUT2D eigenvalue weighted by Crippen LogP contribution is 2.52. The largest absolute Gasteiger partial charge is 0.508 e. The van der Waals surface area contributed by atoms with Gasteiger partial charge in [0.2, 0.25) is 16.3 Å². The molecular weight excluding hydrogens is 756 g/mol. The predicted octanol–water partition coefficient (Wildman–Crippen LogP) is 5.27. The molecule has 18 nitrogen and oxygen atoms in total. The monoisotopic (exact) mass is 776 g/mol. The molecule has 284 valence electrons. The summed E-state index contributed by atoms with van der Waals surface area (Å²) in [4.78, 5) is 41.3. The van der Waals surface area contributed by atoms with Gasteiger partial charge in [-0.3, -0.25) is 14.4 Å². The number of hydrogen-bond acceptors (Lipinski definition) is 18. The number of phenols is 12. The predicted molar refractivity (Wildman–Crippen MR) is 198 cm³/mol. The van der Waals surface area contributed by atoms with Gasteiger partial charge in [-0.15, -0.1) is 0 Å². The Hall–Kier alpha value is -8.67. The van der Waals surface area contributed by atoms with Crippen molar-refractivity contribution in [2.75, 3.05) is 0 Å². The van der Waals surface area contributed by atoms with E-state index in [1.807, 2.05) is 0 Å². The van der Waals surface area contributed by atoms with E-state index in [9.17, 15) is 75.7 Å². The molecular formula is C39H20O18. The second kappa shape index (κ2) is 11.2. The first-order valence-electron chi connectivity index (χ1n) is 16.1. The van der Waals surface area contributed by atoms with Crippen molar-refractivity contribution in [2.45, 2.75) is 0 Å². The molecule has 9 aromatic rings. The molecule has 18 heteroatoms. The number of aromatic hydroxyl groups is 12. The summed E-state index contributed by atoms with van der Waals surface area (Å²) < 4.78 is 16.9. The molecule has 0 aliphatic carbocycles. The number of phenolic OH excluding ortho intramolecular Hbond substituents is 12. The highest BCUT2D eigenvalue weighted by atomic mass is 16.4. The third kappa shape index (κ3) is 4.48. The maximum absolute atomic E-state index is 14.3. The lowest BCUT2D eigenvalue weighted by atomic mass is 9.94. The summed E-state index contributed by atoms with van der Waals surface area (Å²) in [6.45, 7) is 0. The zero-order chi connectivity index (χ0) is 40.7. The van der Waals surface area contributed by atoms with Crippen LogP contribution in [-0.2, 0) is 0 Å². The average Bonchev–Trinajstić information content (AvgIpc) is 3.12. The molecule has 0 unspecified atom stereocenters. The van der Waals surface area contributed by atoms with Crippen molar-refractivity contribution in [1.29, 1.82) is 0 Å². The van der Waals surface area contributed by atoms with Crippen LogP contribution in [0, 0.1) is 0 Å². The van der Waals surface area contributed by atoms with E-state index in [0.29, 0.717) is 6.07 Å². The molecule has 57 heavy (non-hydrogen) atoms. The summed E-state index contributed by atoms with van der Waals surface area (Å²) in [5, 5.41) is 126. The lowest BCUT2D eigenvalue weighted by molar-refractivity contribution is 0.404. The number of hydrogen-bond donors (Lipinski definition) is 12. The van der Waals surface area contributed by atoms with Gasteiger partial charge in [-0.05, 0) is 18.2 Å². The number of rotatable bonds is 2. The van der Waals surface area contributed by atoms with E-state index >= 15 is 0 Å². The summed E-state index contributed by atoms with van der Waals surface area (Å²) >= 11 is 0. The summed E-state index contributed by atoms with van der Waals surface area (Å²) in [5.74, 6) is -10.2. The molecule has 0 spiro atoms. The third-order valence-corrected chi connectivity index (χ3v) is 9.65. The van der Waals surface area contributed by atoms with Crippen molar-refractivity contribution in [3.8, 4) is 91.2 Å². The maximum Gasteiger partial charge on any atom is 0.208 e. The maximum atomic E-state index is 14.3. The fourth-order valence-electron chi connectivity index (χ4n) is 7.13. The molecule has 0 saturated heterocycles. The van der Waals surface area contributed by atoms with Crippen molar-refractivity contribution in [2.24, 2.45) is 0 Å². The Morgan fingerprint density at radius 2 is 0.825 bits per heavy atom. The highest BCUT2D eigenvalue weighted by molar-refractivity contribution is 6.10. The van der Waals surface area contributed by atoms with Crippen molar-refractivity contribution in [3.05, 3.63) is 79.2 Å². The molecule has 0 saturated carbocycles. The fraction of sp³-hybridized carbons (Fsp3) is 0. The van der Waals surface area contributed by atoms with Gasteiger partial charge in [0, 0.05) is 41.5 Å². The normalized spacial score (nSPS) is 11.9. The van der Waals surface area contributed by atoms with E-state index in [2.05, 4.69) is 0 Å². The Labute approximate surface area is 310 Å². The highest BCUT2D eigenvalue weighted by Gasteiger charge is 2.30. The fourth-order valence-corrected chi connectivity index (χ4v) is 7.13. The number of benzene rings is 6. The van der Waals surface area contributed by atoms with Gasteiger partial charge in [0.15, 0.2) is 39.7 Å². The smallest absolute Gasteiger partial charge is 0.208 e. The number of fused-ring (bicyclic) bond motifs is 6. The Morgan fingerprint density at radius 1 is 0.333 bits per heavy atom. The molecule has 3 heterocycles. The summed E-state index contributed by atoms with van der Waals surface area (Å²) in [6, 6.07) is 6.55. The molecule has 0 fully saturated rings. The summed E-state index contributed by atoms with van der Waals surface area (Å²) in [6.07, 6.45) is 0. The summed E-state index contributed by atoms with van der Waals surface area (Å²) in [7, 11) is 0. The van der Waals surface area contributed by atoms with Crippen LogP contribution < -0.4 is 16.3 Å². The van der Waals surface area contributed by atoms with Crippen LogP contribution in [0.1, 0.15) is 0 Å². The first-order chi connectivity index (χ1) is 27.0. The SMILES string of the molecule is O=c1c2cc(O)c(O)cc2oc2c(-c3cc(O)c4oc5cc(O)c(-c6cc(O)c7oc8cc(O)cc(O)c8c(=O)c7c6O)c(O)c5c(=O)c4c3O)c(O)cc(O)c12. The molecule has 3 aromatic heterocycles. The van der Waals surface area contributed by atoms with E-state index in [1.54, 1.807) is 0 Å². The topological polar surface area (TPSA) is 333 Å². The van der Waals surface area contributed by atoms with Crippen molar-refractivity contribution >= 4 is 65.8 Å². The average molecular weight is 777 g/mol. The van der Waals surface area contributed by atoms with Crippen LogP contribution in [0.4, 0.5) is 0 Å². The summed E-state index contributed by atoms with van der Waals surface area (Å²) in [5.41, 5.74) is -9.21. The van der Waals surface area contributed by atoms with Gasteiger partial charge in [-0.25, -0.2) is 0 Å². The van der Waals surface area contributed by atoms with Gasteiger partial charge in [0.25, 0.3) is 0 Å². The molecule has 0 radical (unpaired) electrons. The van der Waals surface area contributed by atoms with Crippen LogP contribution >= 0.6 is 0 Å². The van der Waals surface area contributed by atoms with E-state index in [1.165, 1.54) is 0 Å². The first kappa shape index (κ1) is 34.1. The van der Waals surface area contributed by atoms with Gasteiger partial charge in [0.05, 0.1) is 16.5 Å². The van der Waals surface area contributed by atoms with E-state index in [0.717, 1.165) is 42.5 Å². The van der Waals surface area contributed by atoms with Crippen LogP contribution in [0.2, 0.25) is 0 Å². The standard InChI is InChI=1S/C39H20O18/c40-9-1-15(43)26-22(2-9)56-37-19(47)4-11(32(50)29(37)35(26)53)24-18(46)8-23-28(34(24)52)36(54)30-33(51)12(5-20(48)38(30)57-23)25-16(44)6-17(45)27-31(49)10-3-13(41)14(42)7-21(10)55-39(25)27/h1-8,40-48,50-52H. The Balaban J connectivity index is 1.34. The third-order valence-electron chi connectivity index (χ3n) is 9.65. The lowest BCUT2D eigenvalue weighted by Crippen LogP contribution is -2.06. The molecule has 12 N–H and O–H groups in total. The second-order valence-corrected chi connectivity index (χ2v) is 12.9. The van der Waals surface area contributed by atoms with Crippen LogP contribution in [0.25, 0.3) is 88.1 Å². The molecule has 0 bridgehead atoms. The van der Waals surface area contributed by atoms with Gasteiger partial charge in [0.1, 0.15) is 89.7 Å². The van der Waals surface area contributed by atoms with E-state index in [4.69, 9.17) is 13.3 Å². The van der Waals surface area contributed by atoms with Crippen molar-refractivity contribution < 1.29 is 74.5 Å². The minimum atomic E-state index is -1.30. The van der Waals surface area contributed by atoms with E-state index < -0.39 is 157 Å². The molecule has 0 aliphatic heterocycles. The minimum absolute atomic E-state index is 0.310. The molecule has 0 atom stereocenters. The second-order valence-electron chi connectivity index (χ2n) is 12.9. The minimum Gasteiger partial charge on any atom is -0.508 e.